The fraction of sp³-hybridized carbons (Fsp3) is 0.824. The van der Waals surface area contributed by atoms with E-state index < -0.39 is 0 Å². The Labute approximate surface area is 134 Å². The molecule has 2 heterocycles. The summed E-state index contributed by atoms with van der Waals surface area (Å²) in [6.07, 6.45) is 1.92. The molecule has 120 valence electrons. The summed E-state index contributed by atoms with van der Waals surface area (Å²) in [5.74, 6) is 1.20. The van der Waals surface area contributed by atoms with Crippen molar-refractivity contribution in [2.45, 2.75) is 59.5 Å². The summed E-state index contributed by atoms with van der Waals surface area (Å²) in [5, 5.41) is 7.13. The molecule has 0 spiro atoms. The molecule has 3 atom stereocenters. The Bertz CT molecular complexity index is 422. The number of nitrogens with one attached hydrogen (secondary N) is 1. The van der Waals surface area contributed by atoms with Crippen LogP contribution < -0.4 is 5.32 Å². The van der Waals surface area contributed by atoms with E-state index in [1.165, 1.54) is 5.01 Å². The molecule has 21 heavy (non-hydrogen) atoms. The molecule has 0 radical (unpaired) electrons. The normalized spacial score (nSPS) is 26.2. The quantitative estimate of drug-likeness (QED) is 0.921. The highest BCUT2D eigenvalue weighted by molar-refractivity contribution is 7.09. The van der Waals surface area contributed by atoms with Gasteiger partial charge in [0.15, 0.2) is 0 Å². The van der Waals surface area contributed by atoms with Gasteiger partial charge in [-0.1, -0.05) is 41.5 Å². The van der Waals surface area contributed by atoms with Crippen LogP contribution in [0.3, 0.4) is 0 Å². The maximum Gasteiger partial charge on any atom is 0.0965 e. The van der Waals surface area contributed by atoms with Gasteiger partial charge < -0.3 is 5.32 Å². The summed E-state index contributed by atoms with van der Waals surface area (Å²) in [7, 11) is 0. The van der Waals surface area contributed by atoms with Crippen molar-refractivity contribution in [3.63, 3.8) is 0 Å². The molecule has 2 rings (SSSR count). The fourth-order valence-electron chi connectivity index (χ4n) is 3.18. The minimum atomic E-state index is 0.310. The smallest absolute Gasteiger partial charge is 0.0965 e. The van der Waals surface area contributed by atoms with Crippen molar-refractivity contribution in [3.8, 4) is 0 Å². The molecule has 0 bridgehead atoms. The molecule has 1 N–H and O–H groups in total. The molecule has 1 aliphatic heterocycles. The number of rotatable bonds is 4. The van der Waals surface area contributed by atoms with E-state index in [4.69, 9.17) is 0 Å². The number of piperazine rings is 1. The van der Waals surface area contributed by atoms with Crippen molar-refractivity contribution in [3.05, 3.63) is 16.6 Å². The number of hydrogen-bond acceptors (Lipinski definition) is 4. The van der Waals surface area contributed by atoms with Crippen LogP contribution in [0.2, 0.25) is 0 Å². The Morgan fingerprint density at radius 1 is 1.38 bits per heavy atom. The molecular weight excluding hydrogens is 278 g/mol. The third-order valence-corrected chi connectivity index (χ3v) is 5.66. The Hall–Kier alpha value is -0.450. The van der Waals surface area contributed by atoms with Gasteiger partial charge in [-0.2, -0.15) is 0 Å². The zero-order valence-electron chi connectivity index (χ0n) is 14.4. The van der Waals surface area contributed by atoms with Gasteiger partial charge in [0, 0.05) is 49.2 Å². The highest BCUT2D eigenvalue weighted by Gasteiger charge is 2.35. The Kier molecular flexibility index (Phi) is 5.44. The molecule has 0 amide bonds. The SMILES string of the molecule is CC(CN1CC(C(C)(C)C)NCC1C(C)C)c1nccs1. The number of nitrogens with zero attached hydrogens (tertiary/aromatic N) is 2. The van der Waals surface area contributed by atoms with Gasteiger partial charge in [0.05, 0.1) is 5.01 Å². The van der Waals surface area contributed by atoms with E-state index in [2.05, 4.69) is 62.1 Å². The second-order valence-corrected chi connectivity index (χ2v) is 8.79. The zero-order valence-corrected chi connectivity index (χ0v) is 15.2. The lowest BCUT2D eigenvalue weighted by atomic mass is 9.83. The van der Waals surface area contributed by atoms with E-state index in [1.54, 1.807) is 11.3 Å². The van der Waals surface area contributed by atoms with Crippen molar-refractivity contribution >= 4 is 11.3 Å². The number of aromatic nitrogens is 1. The van der Waals surface area contributed by atoms with Gasteiger partial charge >= 0.3 is 0 Å². The van der Waals surface area contributed by atoms with E-state index in [-0.39, 0.29) is 0 Å². The maximum atomic E-state index is 4.50. The van der Waals surface area contributed by atoms with Gasteiger partial charge in [-0.25, -0.2) is 4.98 Å². The molecule has 0 aromatic carbocycles. The largest absolute Gasteiger partial charge is 0.311 e. The summed E-state index contributed by atoms with van der Waals surface area (Å²) < 4.78 is 0. The van der Waals surface area contributed by atoms with E-state index in [1.807, 2.05) is 6.20 Å². The second-order valence-electron chi connectivity index (χ2n) is 7.86. The standard InChI is InChI=1S/C17H31N3S/c1-12(2)14-9-19-15(17(4,5)6)11-20(14)10-13(3)16-18-7-8-21-16/h7-8,12-15,19H,9-11H2,1-6H3. The van der Waals surface area contributed by atoms with Crippen molar-refractivity contribution in [1.82, 2.24) is 15.2 Å². The predicted octanol–water partition coefficient (Wildman–Crippen LogP) is 3.59. The molecule has 3 nitrogen and oxygen atoms in total. The fourth-order valence-corrected chi connectivity index (χ4v) is 3.87. The van der Waals surface area contributed by atoms with Gasteiger partial charge in [0.25, 0.3) is 0 Å². The Morgan fingerprint density at radius 2 is 2.10 bits per heavy atom. The third-order valence-electron chi connectivity index (χ3n) is 4.66. The number of thiazole rings is 1. The van der Waals surface area contributed by atoms with Crippen molar-refractivity contribution in [2.24, 2.45) is 11.3 Å². The molecule has 4 heteroatoms. The van der Waals surface area contributed by atoms with Gasteiger partial charge in [-0.3, -0.25) is 4.90 Å². The highest BCUT2D eigenvalue weighted by Crippen LogP contribution is 2.28. The van der Waals surface area contributed by atoms with Gasteiger partial charge in [0.2, 0.25) is 0 Å². The van der Waals surface area contributed by atoms with Crippen LogP contribution in [-0.4, -0.2) is 41.6 Å². The van der Waals surface area contributed by atoms with Crippen LogP contribution in [-0.2, 0) is 0 Å². The first-order valence-electron chi connectivity index (χ1n) is 8.16. The van der Waals surface area contributed by atoms with E-state index in [0.29, 0.717) is 29.3 Å². The van der Waals surface area contributed by atoms with Crippen LogP contribution in [0, 0.1) is 11.3 Å². The lowest BCUT2D eigenvalue weighted by Crippen LogP contribution is -2.62. The number of hydrogen-bond donors (Lipinski definition) is 1. The van der Waals surface area contributed by atoms with Crippen LogP contribution in [0.25, 0.3) is 0 Å². The van der Waals surface area contributed by atoms with Crippen LogP contribution in [0.1, 0.15) is 52.5 Å². The molecule has 1 aromatic heterocycles. The van der Waals surface area contributed by atoms with E-state index in [0.717, 1.165) is 19.6 Å². The average molecular weight is 310 g/mol. The van der Waals surface area contributed by atoms with Gasteiger partial charge in [-0.05, 0) is 11.3 Å². The van der Waals surface area contributed by atoms with Crippen LogP contribution >= 0.6 is 11.3 Å². The summed E-state index contributed by atoms with van der Waals surface area (Å²) in [6.45, 7) is 17.4. The minimum absolute atomic E-state index is 0.310. The molecule has 1 saturated heterocycles. The first-order chi connectivity index (χ1) is 9.79. The van der Waals surface area contributed by atoms with E-state index in [9.17, 15) is 0 Å². The lowest BCUT2D eigenvalue weighted by molar-refractivity contribution is 0.0594. The van der Waals surface area contributed by atoms with Crippen LogP contribution in [0.4, 0.5) is 0 Å². The first kappa shape index (κ1) is 16.9. The van der Waals surface area contributed by atoms with E-state index >= 15 is 0 Å². The summed E-state index contributed by atoms with van der Waals surface area (Å²) in [4.78, 5) is 7.19. The monoisotopic (exact) mass is 309 g/mol. The maximum absolute atomic E-state index is 4.50. The van der Waals surface area contributed by atoms with Crippen molar-refractivity contribution < 1.29 is 0 Å². The summed E-state index contributed by atoms with van der Waals surface area (Å²) in [6, 6.07) is 1.20. The summed E-state index contributed by atoms with van der Waals surface area (Å²) in [5.41, 5.74) is 0.310. The Balaban J connectivity index is 2.07. The predicted molar refractivity (Wildman–Crippen MR) is 92.0 cm³/mol. The molecule has 0 saturated carbocycles. The Morgan fingerprint density at radius 3 is 2.62 bits per heavy atom. The lowest BCUT2D eigenvalue weighted by Gasteiger charge is -2.47. The molecule has 3 unspecified atom stereocenters. The zero-order chi connectivity index (χ0) is 15.6. The average Bonchev–Trinajstić information content (AvgIpc) is 2.91. The summed E-state index contributed by atoms with van der Waals surface area (Å²) >= 11 is 1.78. The topological polar surface area (TPSA) is 28.2 Å². The molecule has 0 aliphatic carbocycles. The third kappa shape index (κ3) is 4.27. The molecule has 1 aromatic rings. The van der Waals surface area contributed by atoms with Gasteiger partial charge in [-0.15, -0.1) is 11.3 Å². The first-order valence-corrected chi connectivity index (χ1v) is 9.03. The van der Waals surface area contributed by atoms with Crippen LogP contribution in [0.15, 0.2) is 11.6 Å². The van der Waals surface area contributed by atoms with Crippen molar-refractivity contribution in [1.29, 1.82) is 0 Å². The molecular formula is C17H31N3S. The second kappa shape index (κ2) is 6.76. The molecule has 1 fully saturated rings. The minimum Gasteiger partial charge on any atom is -0.311 e. The van der Waals surface area contributed by atoms with Crippen molar-refractivity contribution in [2.75, 3.05) is 19.6 Å². The highest BCUT2D eigenvalue weighted by atomic mass is 32.1. The van der Waals surface area contributed by atoms with Crippen LogP contribution in [0.5, 0.6) is 0 Å². The van der Waals surface area contributed by atoms with Gasteiger partial charge in [0.1, 0.15) is 0 Å². The molecule has 1 aliphatic rings.